The van der Waals surface area contributed by atoms with Crippen molar-refractivity contribution in [2.24, 2.45) is 11.8 Å². The minimum absolute atomic E-state index is 0.464. The highest BCUT2D eigenvalue weighted by atomic mass is 16.5. The maximum absolute atomic E-state index is 11.3. The molecule has 0 bridgehead atoms. The van der Waals surface area contributed by atoms with E-state index in [-0.39, 0.29) is 0 Å². The highest BCUT2D eigenvalue weighted by Crippen LogP contribution is 2.34. The second-order valence-corrected chi connectivity index (χ2v) is 5.78. The van der Waals surface area contributed by atoms with Crippen molar-refractivity contribution in [2.45, 2.75) is 44.6 Å². The Labute approximate surface area is 105 Å². The molecule has 0 aromatic heterocycles. The van der Waals surface area contributed by atoms with E-state index < -0.39 is 0 Å². The molecule has 0 spiro atoms. The Kier molecular flexibility index (Phi) is 4.57. The SMILES string of the molecule is CN(C)C(C1CCOCC1)C1CCC(=O)CC1. The van der Waals surface area contributed by atoms with Crippen LogP contribution in [0.25, 0.3) is 0 Å². The lowest BCUT2D eigenvalue weighted by Crippen LogP contribution is -2.44. The van der Waals surface area contributed by atoms with Crippen molar-refractivity contribution in [2.75, 3.05) is 27.3 Å². The quantitative estimate of drug-likeness (QED) is 0.755. The monoisotopic (exact) mass is 239 g/mol. The van der Waals surface area contributed by atoms with Crippen LogP contribution in [0.2, 0.25) is 0 Å². The molecule has 2 aliphatic rings. The Morgan fingerprint density at radius 2 is 1.59 bits per heavy atom. The molecule has 2 rings (SSSR count). The number of ether oxygens (including phenoxy) is 1. The van der Waals surface area contributed by atoms with Crippen molar-refractivity contribution in [3.63, 3.8) is 0 Å². The molecule has 0 aromatic rings. The van der Waals surface area contributed by atoms with Crippen LogP contribution in [0.4, 0.5) is 0 Å². The summed E-state index contributed by atoms with van der Waals surface area (Å²) in [5.41, 5.74) is 0. The number of hydrogen-bond acceptors (Lipinski definition) is 3. The molecule has 0 aromatic carbocycles. The van der Waals surface area contributed by atoms with E-state index in [1.807, 2.05) is 0 Å². The number of rotatable bonds is 3. The second-order valence-electron chi connectivity index (χ2n) is 5.78. The van der Waals surface area contributed by atoms with Crippen molar-refractivity contribution in [3.05, 3.63) is 0 Å². The molecule has 1 saturated heterocycles. The predicted molar refractivity (Wildman–Crippen MR) is 68.0 cm³/mol. The number of carbonyl (C=O) groups excluding carboxylic acids is 1. The third-order valence-electron chi connectivity index (χ3n) is 4.42. The third-order valence-corrected chi connectivity index (χ3v) is 4.42. The van der Waals surface area contributed by atoms with Crippen molar-refractivity contribution in [1.82, 2.24) is 4.90 Å². The molecule has 17 heavy (non-hydrogen) atoms. The fourth-order valence-electron chi connectivity index (χ4n) is 3.59. The topological polar surface area (TPSA) is 29.5 Å². The standard InChI is InChI=1S/C14H25NO2/c1-15(2)14(12-7-9-17-10-8-12)11-3-5-13(16)6-4-11/h11-12,14H,3-10H2,1-2H3. The van der Waals surface area contributed by atoms with Gasteiger partial charge in [0, 0.05) is 32.1 Å². The maximum Gasteiger partial charge on any atom is 0.132 e. The van der Waals surface area contributed by atoms with Gasteiger partial charge in [-0.25, -0.2) is 0 Å². The zero-order valence-electron chi connectivity index (χ0n) is 11.2. The molecule has 3 heteroatoms. The van der Waals surface area contributed by atoms with Crippen molar-refractivity contribution in [1.29, 1.82) is 0 Å². The first-order chi connectivity index (χ1) is 8.18. The molecular formula is C14H25NO2. The minimum atomic E-state index is 0.464. The summed E-state index contributed by atoms with van der Waals surface area (Å²) < 4.78 is 5.46. The highest BCUT2D eigenvalue weighted by Gasteiger charge is 2.34. The molecule has 1 heterocycles. The molecule has 1 aliphatic heterocycles. The average Bonchev–Trinajstić information content (AvgIpc) is 2.33. The molecule has 1 unspecified atom stereocenters. The van der Waals surface area contributed by atoms with Crippen LogP contribution in [0, 0.1) is 11.8 Å². The summed E-state index contributed by atoms with van der Waals surface area (Å²) in [6, 6.07) is 0.645. The molecular weight excluding hydrogens is 214 g/mol. The highest BCUT2D eigenvalue weighted by molar-refractivity contribution is 5.79. The van der Waals surface area contributed by atoms with Gasteiger partial charge in [0.2, 0.25) is 0 Å². The molecule has 3 nitrogen and oxygen atoms in total. The molecule has 1 saturated carbocycles. The van der Waals surface area contributed by atoms with E-state index in [4.69, 9.17) is 4.74 Å². The summed E-state index contributed by atoms with van der Waals surface area (Å²) >= 11 is 0. The van der Waals surface area contributed by atoms with Crippen molar-refractivity contribution < 1.29 is 9.53 Å². The van der Waals surface area contributed by atoms with Gasteiger partial charge in [-0.15, -0.1) is 0 Å². The smallest absolute Gasteiger partial charge is 0.132 e. The Bertz CT molecular complexity index is 249. The zero-order chi connectivity index (χ0) is 12.3. The van der Waals surface area contributed by atoms with Gasteiger partial charge in [0.1, 0.15) is 5.78 Å². The van der Waals surface area contributed by atoms with E-state index in [1.165, 1.54) is 12.8 Å². The van der Waals surface area contributed by atoms with Gasteiger partial charge >= 0.3 is 0 Å². The Morgan fingerprint density at radius 1 is 1.06 bits per heavy atom. The largest absolute Gasteiger partial charge is 0.381 e. The normalized spacial score (nSPS) is 26.4. The van der Waals surface area contributed by atoms with Gasteiger partial charge in [-0.2, -0.15) is 0 Å². The summed E-state index contributed by atoms with van der Waals surface area (Å²) in [5, 5.41) is 0. The molecule has 1 atom stereocenters. The van der Waals surface area contributed by atoms with E-state index in [1.54, 1.807) is 0 Å². The first kappa shape index (κ1) is 13.0. The summed E-state index contributed by atoms with van der Waals surface area (Å²) in [7, 11) is 4.38. The van der Waals surface area contributed by atoms with Crippen LogP contribution in [0.5, 0.6) is 0 Å². The zero-order valence-corrected chi connectivity index (χ0v) is 11.2. The summed E-state index contributed by atoms with van der Waals surface area (Å²) in [5.74, 6) is 1.94. The van der Waals surface area contributed by atoms with Crippen LogP contribution in [0.3, 0.4) is 0 Å². The lowest BCUT2D eigenvalue weighted by atomic mass is 9.75. The van der Waals surface area contributed by atoms with Gasteiger partial charge in [0.05, 0.1) is 0 Å². The van der Waals surface area contributed by atoms with Crippen LogP contribution < -0.4 is 0 Å². The number of nitrogens with zero attached hydrogens (tertiary/aromatic N) is 1. The maximum atomic E-state index is 11.3. The first-order valence-corrected chi connectivity index (χ1v) is 6.94. The van der Waals surface area contributed by atoms with Crippen LogP contribution >= 0.6 is 0 Å². The molecule has 1 aliphatic carbocycles. The van der Waals surface area contributed by atoms with Gasteiger partial charge in [-0.1, -0.05) is 0 Å². The van der Waals surface area contributed by atoms with Crippen molar-refractivity contribution >= 4 is 5.78 Å². The molecule has 0 radical (unpaired) electrons. The summed E-state index contributed by atoms with van der Waals surface area (Å²) in [6.07, 6.45) is 6.18. The van der Waals surface area contributed by atoms with E-state index in [0.717, 1.165) is 44.8 Å². The van der Waals surface area contributed by atoms with Crippen LogP contribution in [0.15, 0.2) is 0 Å². The molecule has 0 N–H and O–H groups in total. The Hall–Kier alpha value is -0.410. The number of Topliss-reactive ketones (excluding diaryl/α,β-unsaturated/α-hetero) is 1. The Morgan fingerprint density at radius 3 is 2.12 bits per heavy atom. The van der Waals surface area contributed by atoms with Crippen molar-refractivity contribution in [3.8, 4) is 0 Å². The van der Waals surface area contributed by atoms with E-state index in [0.29, 0.717) is 17.7 Å². The summed E-state index contributed by atoms with van der Waals surface area (Å²) in [4.78, 5) is 13.7. The van der Waals surface area contributed by atoms with Crippen LogP contribution in [0.1, 0.15) is 38.5 Å². The van der Waals surface area contributed by atoms with E-state index in [2.05, 4.69) is 19.0 Å². The molecule has 98 valence electrons. The lowest BCUT2D eigenvalue weighted by Gasteiger charge is -2.41. The predicted octanol–water partition coefficient (Wildman–Crippen LogP) is 2.10. The second kappa shape index (κ2) is 5.96. The summed E-state index contributed by atoms with van der Waals surface area (Å²) in [6.45, 7) is 1.83. The van der Waals surface area contributed by atoms with E-state index >= 15 is 0 Å². The number of carbonyl (C=O) groups is 1. The van der Waals surface area contributed by atoms with E-state index in [9.17, 15) is 4.79 Å². The average molecular weight is 239 g/mol. The van der Waals surface area contributed by atoms with Gasteiger partial charge in [-0.05, 0) is 51.6 Å². The van der Waals surface area contributed by atoms with Crippen LogP contribution in [-0.2, 0) is 9.53 Å². The molecule has 2 fully saturated rings. The number of hydrogen-bond donors (Lipinski definition) is 0. The number of ketones is 1. The minimum Gasteiger partial charge on any atom is -0.381 e. The fourth-order valence-corrected chi connectivity index (χ4v) is 3.59. The van der Waals surface area contributed by atoms with Gasteiger partial charge in [-0.3, -0.25) is 4.79 Å². The van der Waals surface area contributed by atoms with Gasteiger partial charge < -0.3 is 9.64 Å². The fraction of sp³-hybridized carbons (Fsp3) is 0.929. The van der Waals surface area contributed by atoms with Gasteiger partial charge in [0.15, 0.2) is 0 Å². The first-order valence-electron chi connectivity index (χ1n) is 6.94. The third kappa shape index (κ3) is 3.29. The van der Waals surface area contributed by atoms with Gasteiger partial charge in [0.25, 0.3) is 0 Å². The van der Waals surface area contributed by atoms with Crippen LogP contribution in [-0.4, -0.2) is 44.0 Å². The lowest BCUT2D eigenvalue weighted by molar-refractivity contribution is -0.121. The Balaban J connectivity index is 1.98. The molecule has 0 amide bonds.